The molecule has 0 amide bonds. The molecule has 16 heavy (non-hydrogen) atoms. The molecular formula is C12H21N3O. The predicted molar refractivity (Wildman–Crippen MR) is 63.1 cm³/mol. The average molecular weight is 223 g/mol. The third-order valence-corrected chi connectivity index (χ3v) is 3.33. The van der Waals surface area contributed by atoms with E-state index < -0.39 is 0 Å². The van der Waals surface area contributed by atoms with Crippen LogP contribution in [0.15, 0.2) is 12.4 Å². The molecule has 3 unspecified atom stereocenters. The molecule has 1 aromatic rings. The number of nitrogens with zero attached hydrogens (tertiary/aromatic N) is 2. The van der Waals surface area contributed by atoms with Crippen LogP contribution in [0.25, 0.3) is 0 Å². The smallest absolute Gasteiger partial charge is 0.128 e. The normalized spacial score (nSPS) is 27.2. The van der Waals surface area contributed by atoms with Crippen molar-refractivity contribution in [3.05, 3.63) is 18.2 Å². The number of hydrogen-bond donors (Lipinski definition) is 1. The fourth-order valence-electron chi connectivity index (χ4n) is 2.39. The number of imidazole rings is 1. The molecule has 1 aliphatic heterocycles. The number of likely N-dealkylation sites (N-methyl/N-ethyl adjacent to an activating group) is 1. The van der Waals surface area contributed by atoms with Crippen molar-refractivity contribution in [2.75, 3.05) is 13.2 Å². The summed E-state index contributed by atoms with van der Waals surface area (Å²) in [5, 5.41) is 3.49. The van der Waals surface area contributed by atoms with Crippen LogP contribution < -0.4 is 5.32 Å². The molecule has 0 aliphatic carbocycles. The van der Waals surface area contributed by atoms with E-state index in [1.807, 2.05) is 19.4 Å². The average Bonchev–Trinajstić information content (AvgIpc) is 2.84. The molecule has 1 fully saturated rings. The van der Waals surface area contributed by atoms with Crippen LogP contribution in [0, 0.1) is 5.92 Å². The van der Waals surface area contributed by atoms with Gasteiger partial charge in [-0.3, -0.25) is 0 Å². The molecule has 1 aromatic heterocycles. The molecule has 1 aliphatic rings. The fourth-order valence-corrected chi connectivity index (χ4v) is 2.39. The van der Waals surface area contributed by atoms with E-state index in [0.29, 0.717) is 5.92 Å². The maximum atomic E-state index is 5.84. The maximum absolute atomic E-state index is 5.84. The highest BCUT2D eigenvalue weighted by Crippen LogP contribution is 2.30. The molecular weight excluding hydrogens is 202 g/mol. The van der Waals surface area contributed by atoms with Crippen molar-refractivity contribution in [3.8, 4) is 0 Å². The van der Waals surface area contributed by atoms with Crippen molar-refractivity contribution in [2.45, 2.75) is 32.4 Å². The number of ether oxygens (including phenoxy) is 1. The summed E-state index contributed by atoms with van der Waals surface area (Å²) in [5.74, 6) is 1.67. The SMILES string of the molecule is CCNC(c1nccn1C)C1OCCC1C. The second kappa shape index (κ2) is 4.97. The zero-order chi connectivity index (χ0) is 11.5. The van der Waals surface area contributed by atoms with Gasteiger partial charge in [0.15, 0.2) is 0 Å². The third-order valence-electron chi connectivity index (χ3n) is 3.33. The summed E-state index contributed by atoms with van der Waals surface area (Å²) in [5.41, 5.74) is 0. The molecule has 0 spiro atoms. The molecule has 0 saturated carbocycles. The number of hydrogen-bond acceptors (Lipinski definition) is 3. The second-order valence-corrected chi connectivity index (χ2v) is 4.53. The van der Waals surface area contributed by atoms with Gasteiger partial charge in [-0.05, 0) is 18.9 Å². The van der Waals surface area contributed by atoms with Gasteiger partial charge in [0.2, 0.25) is 0 Å². The summed E-state index contributed by atoms with van der Waals surface area (Å²) in [6, 6.07) is 0.211. The van der Waals surface area contributed by atoms with Crippen LogP contribution in [-0.4, -0.2) is 28.8 Å². The van der Waals surface area contributed by atoms with Crippen molar-refractivity contribution in [2.24, 2.45) is 13.0 Å². The van der Waals surface area contributed by atoms with Crippen molar-refractivity contribution < 1.29 is 4.74 Å². The lowest BCUT2D eigenvalue weighted by molar-refractivity contribution is 0.0577. The first-order valence-corrected chi connectivity index (χ1v) is 6.06. The molecule has 1 saturated heterocycles. The zero-order valence-corrected chi connectivity index (χ0v) is 10.3. The monoisotopic (exact) mass is 223 g/mol. The lowest BCUT2D eigenvalue weighted by atomic mass is 9.97. The Labute approximate surface area is 97.0 Å². The van der Waals surface area contributed by atoms with Crippen LogP contribution >= 0.6 is 0 Å². The van der Waals surface area contributed by atoms with Crippen LogP contribution in [0.5, 0.6) is 0 Å². The summed E-state index contributed by atoms with van der Waals surface area (Å²) >= 11 is 0. The van der Waals surface area contributed by atoms with Crippen LogP contribution in [0.2, 0.25) is 0 Å². The second-order valence-electron chi connectivity index (χ2n) is 4.53. The Morgan fingerprint density at radius 2 is 2.50 bits per heavy atom. The van der Waals surface area contributed by atoms with Crippen molar-refractivity contribution in [3.63, 3.8) is 0 Å². The number of nitrogens with one attached hydrogen (secondary N) is 1. The highest BCUT2D eigenvalue weighted by molar-refractivity contribution is 5.03. The summed E-state index contributed by atoms with van der Waals surface area (Å²) in [4.78, 5) is 4.43. The molecule has 2 heterocycles. The first-order valence-electron chi connectivity index (χ1n) is 6.06. The van der Waals surface area contributed by atoms with E-state index in [9.17, 15) is 0 Å². The van der Waals surface area contributed by atoms with Gasteiger partial charge in [0.25, 0.3) is 0 Å². The molecule has 0 aromatic carbocycles. The fraction of sp³-hybridized carbons (Fsp3) is 0.750. The van der Waals surface area contributed by atoms with Crippen LogP contribution in [0.3, 0.4) is 0 Å². The third kappa shape index (κ3) is 2.13. The standard InChI is InChI=1S/C12H21N3O/c1-4-13-10(11-9(2)5-8-16-11)12-14-6-7-15(12)3/h6-7,9-11,13H,4-5,8H2,1-3H3. The van der Waals surface area contributed by atoms with Crippen LogP contribution in [0.4, 0.5) is 0 Å². The van der Waals surface area contributed by atoms with Gasteiger partial charge in [0.05, 0.1) is 12.1 Å². The largest absolute Gasteiger partial charge is 0.376 e. The lowest BCUT2D eigenvalue weighted by Crippen LogP contribution is -2.36. The van der Waals surface area contributed by atoms with E-state index in [1.165, 1.54) is 0 Å². The number of aryl methyl sites for hydroxylation is 1. The van der Waals surface area contributed by atoms with Gasteiger partial charge < -0.3 is 14.6 Å². The van der Waals surface area contributed by atoms with E-state index >= 15 is 0 Å². The molecule has 90 valence electrons. The lowest BCUT2D eigenvalue weighted by Gasteiger charge is -2.26. The Hall–Kier alpha value is -0.870. The Morgan fingerprint density at radius 3 is 3.00 bits per heavy atom. The Morgan fingerprint density at radius 1 is 1.69 bits per heavy atom. The van der Waals surface area contributed by atoms with Crippen LogP contribution in [0.1, 0.15) is 32.1 Å². The van der Waals surface area contributed by atoms with Gasteiger partial charge in [-0.15, -0.1) is 0 Å². The van der Waals surface area contributed by atoms with E-state index in [2.05, 4.69) is 28.7 Å². The quantitative estimate of drug-likeness (QED) is 0.840. The zero-order valence-electron chi connectivity index (χ0n) is 10.3. The summed E-state index contributed by atoms with van der Waals surface area (Å²) in [6.45, 7) is 6.18. The Balaban J connectivity index is 2.20. The first-order chi connectivity index (χ1) is 7.74. The molecule has 3 atom stereocenters. The van der Waals surface area contributed by atoms with Gasteiger partial charge in [-0.25, -0.2) is 4.98 Å². The van der Waals surface area contributed by atoms with E-state index in [1.54, 1.807) is 0 Å². The molecule has 0 bridgehead atoms. The minimum absolute atomic E-state index is 0.211. The van der Waals surface area contributed by atoms with Crippen molar-refractivity contribution >= 4 is 0 Å². The minimum Gasteiger partial charge on any atom is -0.376 e. The minimum atomic E-state index is 0.211. The number of rotatable bonds is 4. The highest BCUT2D eigenvalue weighted by Gasteiger charge is 2.34. The van der Waals surface area contributed by atoms with Crippen LogP contribution in [-0.2, 0) is 11.8 Å². The van der Waals surface area contributed by atoms with Gasteiger partial charge in [-0.2, -0.15) is 0 Å². The van der Waals surface area contributed by atoms with E-state index in [4.69, 9.17) is 4.74 Å². The Kier molecular flexibility index (Phi) is 3.61. The molecule has 2 rings (SSSR count). The van der Waals surface area contributed by atoms with Gasteiger partial charge in [0, 0.05) is 26.0 Å². The molecule has 4 nitrogen and oxygen atoms in total. The van der Waals surface area contributed by atoms with E-state index in [-0.39, 0.29) is 12.1 Å². The molecule has 1 N–H and O–H groups in total. The predicted octanol–water partition coefficient (Wildman–Crippen LogP) is 1.50. The molecule has 4 heteroatoms. The van der Waals surface area contributed by atoms with Gasteiger partial charge >= 0.3 is 0 Å². The first kappa shape index (κ1) is 11.6. The highest BCUT2D eigenvalue weighted by atomic mass is 16.5. The molecule has 0 radical (unpaired) electrons. The van der Waals surface area contributed by atoms with Crippen molar-refractivity contribution in [1.82, 2.24) is 14.9 Å². The summed E-state index contributed by atoms with van der Waals surface area (Å²) in [7, 11) is 2.03. The van der Waals surface area contributed by atoms with E-state index in [0.717, 1.165) is 25.4 Å². The van der Waals surface area contributed by atoms with Gasteiger partial charge in [-0.1, -0.05) is 13.8 Å². The Bertz CT molecular complexity index is 337. The topological polar surface area (TPSA) is 39.1 Å². The van der Waals surface area contributed by atoms with Crippen molar-refractivity contribution in [1.29, 1.82) is 0 Å². The summed E-state index contributed by atoms with van der Waals surface area (Å²) < 4.78 is 7.91. The van der Waals surface area contributed by atoms with Gasteiger partial charge in [0.1, 0.15) is 5.82 Å². The number of aromatic nitrogens is 2. The maximum Gasteiger partial charge on any atom is 0.128 e. The summed E-state index contributed by atoms with van der Waals surface area (Å²) in [6.07, 6.45) is 5.23.